The molecule has 1 amide bonds. The molecule has 0 aliphatic carbocycles. The molecular weight excluding hydrogens is 330 g/mol. The van der Waals surface area contributed by atoms with Crippen molar-refractivity contribution < 1.29 is 4.79 Å². The highest BCUT2D eigenvalue weighted by Gasteiger charge is 2.11. The Balaban J connectivity index is 1.93. The van der Waals surface area contributed by atoms with Crippen molar-refractivity contribution in [2.75, 3.05) is 5.32 Å². The van der Waals surface area contributed by atoms with Gasteiger partial charge in [0.25, 0.3) is 0 Å². The Morgan fingerprint density at radius 1 is 1.19 bits per heavy atom. The molecule has 1 aromatic heterocycles. The number of anilines is 1. The summed E-state index contributed by atoms with van der Waals surface area (Å²) in [5.41, 5.74) is 3.71. The smallest absolute Gasteiger partial charge is 0.306 e. The first-order valence-corrected chi connectivity index (χ1v) is 7.36. The van der Waals surface area contributed by atoms with E-state index in [0.717, 1.165) is 32.2 Å². The zero-order valence-electron chi connectivity index (χ0n) is 11.7. The Labute approximate surface area is 130 Å². The highest BCUT2D eigenvalue weighted by molar-refractivity contribution is 9.10. The number of halogens is 1. The molecular formula is C16H14BrN3O. The third-order valence-corrected chi connectivity index (χ3v) is 4.22. The molecule has 3 aromatic rings. The van der Waals surface area contributed by atoms with E-state index in [9.17, 15) is 4.79 Å². The molecule has 0 fully saturated rings. The lowest BCUT2D eigenvalue weighted by atomic mass is 10.2. The number of rotatable bonds is 1. The molecule has 0 aliphatic heterocycles. The molecule has 0 spiro atoms. The van der Waals surface area contributed by atoms with E-state index >= 15 is 0 Å². The van der Waals surface area contributed by atoms with Crippen LogP contribution in [0.3, 0.4) is 0 Å². The number of hydrogen-bond acceptors (Lipinski definition) is 2. The number of aryl methyl sites for hydroxylation is 2. The summed E-state index contributed by atoms with van der Waals surface area (Å²) in [5.74, 6) is 0. The highest BCUT2D eigenvalue weighted by atomic mass is 79.9. The van der Waals surface area contributed by atoms with E-state index in [1.54, 1.807) is 6.20 Å². The maximum atomic E-state index is 12.4. The quantitative estimate of drug-likeness (QED) is 0.707. The molecule has 0 atom stereocenters. The van der Waals surface area contributed by atoms with E-state index in [1.165, 1.54) is 4.68 Å². The fourth-order valence-corrected chi connectivity index (χ4v) is 2.44. The minimum absolute atomic E-state index is 0.266. The van der Waals surface area contributed by atoms with Crippen molar-refractivity contribution in [1.29, 1.82) is 0 Å². The summed E-state index contributed by atoms with van der Waals surface area (Å²) < 4.78 is 2.40. The number of nitrogens with zero attached hydrogens (tertiary/aromatic N) is 2. The predicted molar refractivity (Wildman–Crippen MR) is 87.8 cm³/mol. The normalized spacial score (nSPS) is 10.8. The summed E-state index contributed by atoms with van der Waals surface area (Å²) >= 11 is 3.44. The van der Waals surface area contributed by atoms with Crippen molar-refractivity contribution in [3.05, 3.63) is 58.2 Å². The first kappa shape index (κ1) is 13.8. The Hall–Kier alpha value is -2.14. The molecule has 5 heteroatoms. The SMILES string of the molecule is Cc1ccc2cnn(C(=O)Nc3ccc(Br)c(C)c3)c2c1. The summed E-state index contributed by atoms with van der Waals surface area (Å²) in [6, 6.07) is 11.3. The van der Waals surface area contributed by atoms with E-state index in [0.29, 0.717) is 0 Å². The van der Waals surface area contributed by atoms with Gasteiger partial charge >= 0.3 is 6.03 Å². The Morgan fingerprint density at radius 3 is 2.76 bits per heavy atom. The number of carbonyl (C=O) groups excluding carboxylic acids is 1. The Bertz CT molecular complexity index is 839. The van der Waals surface area contributed by atoms with Crippen LogP contribution in [0.4, 0.5) is 10.5 Å². The lowest BCUT2D eigenvalue weighted by Crippen LogP contribution is -2.20. The van der Waals surface area contributed by atoms with Crippen LogP contribution >= 0.6 is 15.9 Å². The molecule has 1 N–H and O–H groups in total. The number of benzene rings is 2. The van der Waals surface area contributed by atoms with Crippen molar-refractivity contribution >= 4 is 38.6 Å². The van der Waals surface area contributed by atoms with Gasteiger partial charge in [0, 0.05) is 15.5 Å². The first-order valence-electron chi connectivity index (χ1n) is 6.56. The third kappa shape index (κ3) is 2.69. The van der Waals surface area contributed by atoms with Gasteiger partial charge in [-0.1, -0.05) is 28.1 Å². The van der Waals surface area contributed by atoms with Crippen molar-refractivity contribution in [3.8, 4) is 0 Å². The van der Waals surface area contributed by atoms with E-state index in [-0.39, 0.29) is 6.03 Å². The monoisotopic (exact) mass is 343 g/mol. The standard InChI is InChI=1S/C16H14BrN3O/c1-10-3-4-12-9-18-20(15(12)7-10)16(21)19-13-5-6-14(17)11(2)8-13/h3-9H,1-2H3,(H,19,21). The Morgan fingerprint density at radius 2 is 2.00 bits per heavy atom. The lowest BCUT2D eigenvalue weighted by molar-refractivity contribution is 0.252. The van der Waals surface area contributed by atoms with Crippen molar-refractivity contribution in [2.24, 2.45) is 0 Å². The predicted octanol–water partition coefficient (Wildman–Crippen LogP) is 4.50. The molecule has 21 heavy (non-hydrogen) atoms. The van der Waals surface area contributed by atoms with Gasteiger partial charge in [-0.3, -0.25) is 0 Å². The van der Waals surface area contributed by atoms with Gasteiger partial charge in [0.2, 0.25) is 0 Å². The average molecular weight is 344 g/mol. The summed E-state index contributed by atoms with van der Waals surface area (Å²) in [6.45, 7) is 3.97. The molecule has 0 saturated carbocycles. The fourth-order valence-electron chi connectivity index (χ4n) is 2.19. The largest absolute Gasteiger partial charge is 0.347 e. The van der Waals surface area contributed by atoms with Gasteiger partial charge in [0.1, 0.15) is 0 Å². The number of aromatic nitrogens is 2. The van der Waals surface area contributed by atoms with Crippen LogP contribution in [-0.4, -0.2) is 15.8 Å². The van der Waals surface area contributed by atoms with Crippen LogP contribution in [0.1, 0.15) is 11.1 Å². The van der Waals surface area contributed by atoms with Gasteiger partial charge in [-0.05, 0) is 49.2 Å². The molecule has 4 nitrogen and oxygen atoms in total. The van der Waals surface area contributed by atoms with E-state index in [4.69, 9.17) is 0 Å². The van der Waals surface area contributed by atoms with Crippen LogP contribution in [0.2, 0.25) is 0 Å². The zero-order chi connectivity index (χ0) is 15.0. The van der Waals surface area contributed by atoms with Crippen molar-refractivity contribution in [2.45, 2.75) is 13.8 Å². The fraction of sp³-hybridized carbons (Fsp3) is 0.125. The third-order valence-electron chi connectivity index (χ3n) is 3.33. The van der Waals surface area contributed by atoms with Gasteiger partial charge in [-0.15, -0.1) is 0 Å². The second-order valence-corrected chi connectivity index (χ2v) is 5.87. The minimum atomic E-state index is -0.266. The molecule has 106 valence electrons. The molecule has 0 radical (unpaired) electrons. The number of carbonyl (C=O) groups is 1. The second kappa shape index (κ2) is 5.33. The van der Waals surface area contributed by atoms with E-state index in [2.05, 4.69) is 26.3 Å². The molecule has 0 unspecified atom stereocenters. The van der Waals surface area contributed by atoms with Gasteiger partial charge in [0.15, 0.2) is 0 Å². The lowest BCUT2D eigenvalue weighted by Gasteiger charge is -2.08. The maximum absolute atomic E-state index is 12.4. The molecule has 2 aromatic carbocycles. The summed E-state index contributed by atoms with van der Waals surface area (Å²) in [5, 5.41) is 7.98. The molecule has 0 aliphatic rings. The summed E-state index contributed by atoms with van der Waals surface area (Å²) in [7, 11) is 0. The zero-order valence-corrected chi connectivity index (χ0v) is 13.3. The summed E-state index contributed by atoms with van der Waals surface area (Å²) in [6.07, 6.45) is 1.70. The van der Waals surface area contributed by atoms with Crippen molar-refractivity contribution in [3.63, 3.8) is 0 Å². The van der Waals surface area contributed by atoms with Crippen molar-refractivity contribution in [1.82, 2.24) is 9.78 Å². The number of hydrogen-bond donors (Lipinski definition) is 1. The number of nitrogens with one attached hydrogen (secondary N) is 1. The van der Waals surface area contributed by atoms with E-state index < -0.39 is 0 Å². The van der Waals surface area contributed by atoms with Gasteiger partial charge in [0.05, 0.1) is 11.7 Å². The average Bonchev–Trinajstić information content (AvgIpc) is 2.86. The minimum Gasteiger partial charge on any atom is -0.306 e. The maximum Gasteiger partial charge on any atom is 0.347 e. The van der Waals surface area contributed by atoms with Gasteiger partial charge in [-0.2, -0.15) is 9.78 Å². The van der Waals surface area contributed by atoms with Crippen LogP contribution in [0.5, 0.6) is 0 Å². The topological polar surface area (TPSA) is 46.9 Å². The molecule has 3 rings (SSSR count). The second-order valence-electron chi connectivity index (χ2n) is 5.01. The molecule has 0 bridgehead atoms. The van der Waals surface area contributed by atoms with Crippen LogP contribution < -0.4 is 5.32 Å². The van der Waals surface area contributed by atoms with E-state index in [1.807, 2.05) is 50.2 Å². The summed E-state index contributed by atoms with van der Waals surface area (Å²) in [4.78, 5) is 12.4. The number of amides is 1. The van der Waals surface area contributed by atoms with Crippen LogP contribution in [0, 0.1) is 13.8 Å². The molecule has 1 heterocycles. The van der Waals surface area contributed by atoms with Gasteiger partial charge in [-0.25, -0.2) is 4.79 Å². The van der Waals surface area contributed by atoms with Crippen LogP contribution in [0.15, 0.2) is 47.1 Å². The molecule has 0 saturated heterocycles. The first-order chi connectivity index (χ1) is 10.0. The van der Waals surface area contributed by atoms with Crippen LogP contribution in [-0.2, 0) is 0 Å². The number of fused-ring (bicyclic) bond motifs is 1. The Kier molecular flexibility index (Phi) is 3.51. The van der Waals surface area contributed by atoms with Gasteiger partial charge < -0.3 is 5.32 Å². The highest BCUT2D eigenvalue weighted by Crippen LogP contribution is 2.21. The van der Waals surface area contributed by atoms with Crippen LogP contribution in [0.25, 0.3) is 10.9 Å².